The van der Waals surface area contributed by atoms with Gasteiger partial charge in [-0.3, -0.25) is 0 Å². The summed E-state index contributed by atoms with van der Waals surface area (Å²) in [5, 5.41) is 18.4. The zero-order chi connectivity index (χ0) is 11.7. The maximum Gasteiger partial charge on any atom is 0.348 e. The van der Waals surface area contributed by atoms with Crippen molar-refractivity contribution in [2.45, 2.75) is 0 Å². The van der Waals surface area contributed by atoms with E-state index in [0.29, 0.717) is 24.7 Å². The maximum atomic E-state index is 11.3. The van der Waals surface area contributed by atoms with E-state index < -0.39 is 5.97 Å². The van der Waals surface area contributed by atoms with Gasteiger partial charge < -0.3 is 4.74 Å². The van der Waals surface area contributed by atoms with Crippen LogP contribution in [-0.2, 0) is 4.74 Å². The van der Waals surface area contributed by atoms with E-state index in [4.69, 9.17) is 10.5 Å². The molecular formula is C10H4N2O2S2. The number of carbonyl (C=O) groups excluding carboxylic acids is 1. The number of ether oxygens (including phenoxy) is 1. The number of nitrogens with zero attached hydrogens (tertiary/aromatic N) is 2. The molecule has 0 bridgehead atoms. The van der Waals surface area contributed by atoms with E-state index in [1.807, 2.05) is 12.1 Å². The monoisotopic (exact) mass is 248 g/mol. The Kier molecular flexibility index (Phi) is 2.61. The number of fused-ring (bicyclic) bond motifs is 1. The Balaban J connectivity index is 2.72. The van der Waals surface area contributed by atoms with Gasteiger partial charge in [-0.1, -0.05) is 0 Å². The summed E-state index contributed by atoms with van der Waals surface area (Å²) < 4.78 is 5.28. The molecule has 0 aromatic carbocycles. The van der Waals surface area contributed by atoms with Crippen molar-refractivity contribution in [3.63, 3.8) is 0 Å². The van der Waals surface area contributed by atoms with E-state index in [1.165, 1.54) is 18.4 Å². The third kappa shape index (κ3) is 1.45. The second-order valence-electron chi connectivity index (χ2n) is 2.83. The molecule has 16 heavy (non-hydrogen) atoms. The minimum Gasteiger partial charge on any atom is -0.465 e. The van der Waals surface area contributed by atoms with Crippen molar-refractivity contribution >= 4 is 38.7 Å². The average molecular weight is 248 g/mol. The summed E-state index contributed by atoms with van der Waals surface area (Å²) in [4.78, 5) is 12.6. The normalized spacial score (nSPS) is 9.69. The standard InChI is InChI=1S/C10H4N2O2S2/c1-14-10(13)6-2-5-7(3-11)15-8(4-12)9(5)16-6/h2H,1H3. The van der Waals surface area contributed by atoms with Crippen molar-refractivity contribution < 1.29 is 9.53 Å². The highest BCUT2D eigenvalue weighted by Gasteiger charge is 2.18. The van der Waals surface area contributed by atoms with Crippen molar-refractivity contribution in [1.82, 2.24) is 0 Å². The number of esters is 1. The molecule has 0 spiro atoms. The predicted molar refractivity (Wildman–Crippen MR) is 60.5 cm³/mol. The molecule has 0 radical (unpaired) electrons. The molecule has 0 aliphatic carbocycles. The summed E-state index contributed by atoms with van der Waals surface area (Å²) >= 11 is 2.32. The van der Waals surface area contributed by atoms with Crippen LogP contribution in [0.1, 0.15) is 19.4 Å². The van der Waals surface area contributed by atoms with E-state index in [0.717, 1.165) is 11.3 Å². The lowest BCUT2D eigenvalue weighted by Crippen LogP contribution is -1.96. The third-order valence-corrected chi connectivity index (χ3v) is 4.25. The quantitative estimate of drug-likeness (QED) is 0.727. The first kappa shape index (κ1) is 10.6. The van der Waals surface area contributed by atoms with Crippen molar-refractivity contribution in [2.75, 3.05) is 7.11 Å². The molecule has 2 rings (SSSR count). The minimum atomic E-state index is -0.445. The van der Waals surface area contributed by atoms with Gasteiger partial charge in [-0.05, 0) is 6.07 Å². The Labute approximate surface area is 98.9 Å². The van der Waals surface area contributed by atoms with E-state index in [2.05, 4.69) is 4.74 Å². The molecule has 0 saturated heterocycles. The number of hydrogen-bond acceptors (Lipinski definition) is 6. The Morgan fingerprint density at radius 2 is 2.00 bits per heavy atom. The van der Waals surface area contributed by atoms with Crippen LogP contribution in [0.25, 0.3) is 10.1 Å². The summed E-state index contributed by atoms with van der Waals surface area (Å²) in [6, 6.07) is 5.64. The minimum absolute atomic E-state index is 0.410. The number of methoxy groups -OCH3 is 1. The van der Waals surface area contributed by atoms with Crippen molar-refractivity contribution in [1.29, 1.82) is 10.5 Å². The fraction of sp³-hybridized carbons (Fsp3) is 0.100. The van der Waals surface area contributed by atoms with Crippen LogP contribution < -0.4 is 0 Å². The average Bonchev–Trinajstić information content (AvgIpc) is 2.85. The lowest BCUT2D eigenvalue weighted by Gasteiger charge is -1.91. The van der Waals surface area contributed by atoms with Crippen LogP contribution in [0, 0.1) is 22.7 Å². The van der Waals surface area contributed by atoms with Gasteiger partial charge in [-0.15, -0.1) is 22.7 Å². The SMILES string of the molecule is COC(=O)c1cc2c(C#N)sc(C#N)c2s1. The van der Waals surface area contributed by atoms with E-state index in [9.17, 15) is 4.79 Å². The number of carbonyl (C=O) groups is 1. The molecule has 4 nitrogen and oxygen atoms in total. The first-order valence-corrected chi connectivity index (χ1v) is 5.79. The smallest absolute Gasteiger partial charge is 0.348 e. The van der Waals surface area contributed by atoms with E-state index in [1.54, 1.807) is 6.07 Å². The van der Waals surface area contributed by atoms with Gasteiger partial charge in [0.1, 0.15) is 26.8 Å². The molecule has 0 N–H and O–H groups in total. The van der Waals surface area contributed by atoms with Crippen LogP contribution in [0.2, 0.25) is 0 Å². The highest BCUT2D eigenvalue weighted by atomic mass is 32.1. The summed E-state index contributed by atoms with van der Waals surface area (Å²) in [6.45, 7) is 0. The molecule has 0 aliphatic heterocycles. The Bertz CT molecular complexity index is 608. The van der Waals surface area contributed by atoms with Crippen LogP contribution in [0.5, 0.6) is 0 Å². The molecule has 6 heteroatoms. The van der Waals surface area contributed by atoms with Crippen molar-refractivity contribution in [2.24, 2.45) is 0 Å². The fourth-order valence-electron chi connectivity index (χ4n) is 1.29. The molecule has 0 saturated carbocycles. The van der Waals surface area contributed by atoms with Gasteiger partial charge in [0, 0.05) is 5.39 Å². The zero-order valence-corrected chi connectivity index (χ0v) is 9.74. The Morgan fingerprint density at radius 3 is 2.56 bits per heavy atom. The Morgan fingerprint density at radius 1 is 1.31 bits per heavy atom. The van der Waals surface area contributed by atoms with Gasteiger partial charge in [-0.25, -0.2) is 4.79 Å². The molecule has 0 atom stereocenters. The van der Waals surface area contributed by atoms with Gasteiger partial charge in [0.05, 0.1) is 11.8 Å². The van der Waals surface area contributed by atoms with Gasteiger partial charge in [0.15, 0.2) is 0 Å². The van der Waals surface area contributed by atoms with Gasteiger partial charge in [0.25, 0.3) is 0 Å². The van der Waals surface area contributed by atoms with Gasteiger partial charge >= 0.3 is 5.97 Å². The van der Waals surface area contributed by atoms with Gasteiger partial charge in [0.2, 0.25) is 0 Å². The topological polar surface area (TPSA) is 73.9 Å². The second-order valence-corrected chi connectivity index (χ2v) is 4.90. The van der Waals surface area contributed by atoms with Crippen LogP contribution in [0.4, 0.5) is 0 Å². The summed E-state index contributed by atoms with van der Waals surface area (Å²) in [5.41, 5.74) is 0. The summed E-state index contributed by atoms with van der Waals surface area (Å²) in [6.07, 6.45) is 0. The largest absolute Gasteiger partial charge is 0.465 e. The number of hydrogen-bond donors (Lipinski definition) is 0. The lowest BCUT2D eigenvalue weighted by atomic mass is 10.3. The zero-order valence-electron chi connectivity index (χ0n) is 8.10. The highest BCUT2D eigenvalue weighted by molar-refractivity contribution is 7.26. The molecule has 0 unspecified atom stereocenters. The maximum absolute atomic E-state index is 11.3. The molecule has 0 fully saturated rings. The summed E-state index contributed by atoms with van der Waals surface area (Å²) in [7, 11) is 1.30. The fourth-order valence-corrected chi connectivity index (χ4v) is 3.35. The van der Waals surface area contributed by atoms with Crippen molar-refractivity contribution in [3.05, 3.63) is 20.7 Å². The second kappa shape index (κ2) is 3.93. The van der Waals surface area contributed by atoms with Crippen LogP contribution >= 0.6 is 22.7 Å². The molecule has 0 aliphatic rings. The molecular weight excluding hydrogens is 244 g/mol. The van der Waals surface area contributed by atoms with E-state index >= 15 is 0 Å². The van der Waals surface area contributed by atoms with Crippen molar-refractivity contribution in [3.8, 4) is 12.1 Å². The first-order chi connectivity index (χ1) is 7.71. The van der Waals surface area contributed by atoms with Crippen LogP contribution in [-0.4, -0.2) is 13.1 Å². The number of nitriles is 2. The third-order valence-electron chi connectivity index (χ3n) is 1.98. The molecule has 2 heterocycles. The molecule has 2 aromatic heterocycles. The number of rotatable bonds is 1. The van der Waals surface area contributed by atoms with Gasteiger partial charge in [-0.2, -0.15) is 10.5 Å². The van der Waals surface area contributed by atoms with Crippen LogP contribution in [0.3, 0.4) is 0 Å². The predicted octanol–water partition coefficient (Wildman–Crippen LogP) is 2.49. The van der Waals surface area contributed by atoms with E-state index in [-0.39, 0.29) is 0 Å². The molecule has 0 amide bonds. The molecule has 2 aromatic rings. The molecule has 78 valence electrons. The summed E-state index contributed by atoms with van der Waals surface area (Å²) in [5.74, 6) is -0.445. The first-order valence-electron chi connectivity index (χ1n) is 4.16. The Hall–Kier alpha value is -1.89. The lowest BCUT2D eigenvalue weighted by molar-refractivity contribution is 0.0606. The number of thiophene rings is 2. The van der Waals surface area contributed by atoms with Crippen LogP contribution in [0.15, 0.2) is 6.07 Å². The highest BCUT2D eigenvalue weighted by Crippen LogP contribution is 2.37.